The van der Waals surface area contributed by atoms with Gasteiger partial charge in [0.1, 0.15) is 10.5 Å². The molecule has 252 valence electrons. The smallest absolute Gasteiger partial charge is 0.282 e. The number of imide groups is 1. The molecule has 4 aliphatic rings. The molecule has 7 rings (SSSR count). The number of hydrogen-bond donors (Lipinski definition) is 2. The Morgan fingerprint density at radius 1 is 0.979 bits per heavy atom. The van der Waals surface area contributed by atoms with Crippen LogP contribution in [0.1, 0.15) is 52.2 Å². The normalized spacial score (nSPS) is 23.7. The summed E-state index contributed by atoms with van der Waals surface area (Å²) in [5.74, 6) is -0.414. The van der Waals surface area contributed by atoms with Crippen LogP contribution in [-0.2, 0) is 29.7 Å². The van der Waals surface area contributed by atoms with E-state index >= 15 is 0 Å². The van der Waals surface area contributed by atoms with Crippen molar-refractivity contribution in [1.29, 1.82) is 0 Å². The topological polar surface area (TPSA) is 123 Å². The van der Waals surface area contributed by atoms with Crippen LogP contribution in [0.4, 0.5) is 11.4 Å². The molecule has 3 fully saturated rings. The number of fused-ring (bicyclic) bond motifs is 1. The van der Waals surface area contributed by atoms with E-state index in [1.54, 1.807) is 18.1 Å². The molecule has 0 saturated carbocycles. The number of carbonyl (C=O) groups is 3. The Bertz CT molecular complexity index is 1790. The summed E-state index contributed by atoms with van der Waals surface area (Å²) in [7, 11) is 3.79. The zero-order valence-electron chi connectivity index (χ0n) is 27.3. The number of hydrogen-bond acceptors (Lipinski definition) is 9. The summed E-state index contributed by atoms with van der Waals surface area (Å²) in [4.78, 5) is 58.2. The van der Waals surface area contributed by atoms with E-state index < -0.39 is 6.04 Å². The number of carbonyl (C=O) groups excluding carboxylic acids is 3. The zero-order valence-corrected chi connectivity index (χ0v) is 28.9. The summed E-state index contributed by atoms with van der Waals surface area (Å²) in [5.41, 5.74) is 5.88. The van der Waals surface area contributed by atoms with Gasteiger partial charge in [-0.05, 0) is 76.6 Å². The molecule has 0 radical (unpaired) electrons. The highest BCUT2D eigenvalue weighted by Crippen LogP contribution is 2.32. The lowest BCUT2D eigenvalue weighted by Crippen LogP contribution is -2.52. The minimum atomic E-state index is -0.598. The van der Waals surface area contributed by atoms with Crippen molar-refractivity contribution in [2.24, 2.45) is 7.05 Å². The fraction of sp³-hybridized carbons (Fsp3) is 0.457. The average Bonchev–Trinajstić information content (AvgIpc) is 3.40. The van der Waals surface area contributed by atoms with Crippen molar-refractivity contribution in [3.63, 3.8) is 0 Å². The molecule has 2 aromatic carbocycles. The third-order valence-corrected chi connectivity index (χ3v) is 10.9. The maximum atomic E-state index is 13.1. The van der Waals surface area contributed by atoms with Gasteiger partial charge in [-0.3, -0.25) is 29.4 Å². The van der Waals surface area contributed by atoms with E-state index in [0.717, 1.165) is 69.2 Å². The van der Waals surface area contributed by atoms with E-state index in [0.29, 0.717) is 28.9 Å². The number of nitrogens with zero attached hydrogens (tertiary/aromatic N) is 6. The molecule has 12 nitrogen and oxygen atoms in total. The molecule has 2 N–H and O–H groups in total. The maximum Gasteiger partial charge on any atom is 0.282 e. The van der Waals surface area contributed by atoms with Crippen molar-refractivity contribution in [3.05, 3.63) is 85.7 Å². The summed E-state index contributed by atoms with van der Waals surface area (Å²) < 4.78 is 1.84. The van der Waals surface area contributed by atoms with E-state index in [2.05, 4.69) is 83.7 Å². The number of anilines is 2. The lowest BCUT2D eigenvalue weighted by molar-refractivity contribution is -0.136. The van der Waals surface area contributed by atoms with Crippen molar-refractivity contribution < 1.29 is 14.4 Å². The first kappa shape index (κ1) is 32.5. The van der Waals surface area contributed by atoms with Crippen molar-refractivity contribution in [3.8, 4) is 0 Å². The Balaban J connectivity index is 0.921. The van der Waals surface area contributed by atoms with E-state index in [-0.39, 0.29) is 35.7 Å². The fourth-order valence-corrected chi connectivity index (χ4v) is 8.05. The van der Waals surface area contributed by atoms with Crippen LogP contribution in [0.25, 0.3) is 0 Å². The Morgan fingerprint density at radius 2 is 1.75 bits per heavy atom. The second kappa shape index (κ2) is 13.4. The molecule has 0 spiro atoms. The van der Waals surface area contributed by atoms with E-state index in [4.69, 9.17) is 0 Å². The van der Waals surface area contributed by atoms with Crippen LogP contribution in [0.2, 0.25) is 0 Å². The number of piperazine rings is 1. The molecule has 48 heavy (non-hydrogen) atoms. The highest BCUT2D eigenvalue weighted by molar-refractivity contribution is 9.10. The number of rotatable bonds is 7. The summed E-state index contributed by atoms with van der Waals surface area (Å²) >= 11 is 3.44. The van der Waals surface area contributed by atoms with Crippen LogP contribution in [0.3, 0.4) is 0 Å². The monoisotopic (exact) mass is 716 g/mol. The number of halogens is 1. The van der Waals surface area contributed by atoms with E-state index in [1.807, 2.05) is 12.1 Å². The molecule has 0 bridgehead atoms. The van der Waals surface area contributed by atoms with Crippen LogP contribution in [0.15, 0.2) is 57.9 Å². The number of likely N-dealkylation sites (N-methyl/N-ethyl adjacent to an activating group) is 1. The standard InChI is InChI=1S/C35H41BrN8O4/c1-40-19-24(15-26(21-40)38-29-17-37-41(2)35(48)32(29)36)23-5-3-22(4-6-23)18-42-11-13-43(14-12-42)27-7-8-28-25(16-27)20-44(34(28)47)30-9-10-31(45)39-33(30)46/h3-8,16-17,24,26,30,38H,9-15,18-21H2,1-2H3,(H,39,45,46)/t24-,26+,30?/m0/s1. The molecular formula is C35H41BrN8O4. The Labute approximate surface area is 288 Å². The summed E-state index contributed by atoms with van der Waals surface area (Å²) in [6, 6.07) is 14.6. The second-order valence-corrected chi connectivity index (χ2v) is 14.3. The first-order valence-corrected chi connectivity index (χ1v) is 17.4. The SMILES string of the molecule is CN1C[C@H](Nc2cnn(C)c(=O)c2Br)C[C@H](c2ccc(CN3CCN(c4ccc5c(c4)CN(C4CCC(=O)NC4=O)C5=O)CC3)cc2)C1. The van der Waals surface area contributed by atoms with Crippen molar-refractivity contribution in [1.82, 2.24) is 29.8 Å². The Hall–Kier alpha value is -4.07. The van der Waals surface area contributed by atoms with Crippen LogP contribution in [-0.4, -0.2) is 101 Å². The zero-order chi connectivity index (χ0) is 33.5. The molecule has 3 aromatic rings. The fourth-order valence-electron chi connectivity index (χ4n) is 7.57. The molecule has 4 aliphatic heterocycles. The number of amides is 3. The summed E-state index contributed by atoms with van der Waals surface area (Å²) in [5, 5.41) is 10.1. The van der Waals surface area contributed by atoms with Gasteiger partial charge in [-0.2, -0.15) is 5.10 Å². The third kappa shape index (κ3) is 6.63. The molecule has 3 amide bonds. The highest BCUT2D eigenvalue weighted by Gasteiger charge is 2.39. The molecule has 5 heterocycles. The van der Waals surface area contributed by atoms with E-state index in [1.165, 1.54) is 15.8 Å². The Kier molecular flexibility index (Phi) is 9.10. The number of aromatic nitrogens is 2. The minimum Gasteiger partial charge on any atom is -0.379 e. The summed E-state index contributed by atoms with van der Waals surface area (Å²) in [6.45, 7) is 6.83. The third-order valence-electron chi connectivity index (χ3n) is 10.2. The van der Waals surface area contributed by atoms with Crippen LogP contribution in [0, 0.1) is 0 Å². The molecule has 1 unspecified atom stereocenters. The first-order valence-electron chi connectivity index (χ1n) is 16.6. The largest absolute Gasteiger partial charge is 0.379 e. The minimum absolute atomic E-state index is 0.139. The van der Waals surface area contributed by atoms with Gasteiger partial charge in [0, 0.05) is 83.1 Å². The van der Waals surface area contributed by atoms with Crippen molar-refractivity contribution >= 4 is 45.0 Å². The average molecular weight is 718 g/mol. The number of benzene rings is 2. The van der Waals surface area contributed by atoms with Gasteiger partial charge < -0.3 is 20.0 Å². The molecular weight excluding hydrogens is 676 g/mol. The van der Waals surface area contributed by atoms with Gasteiger partial charge in [-0.1, -0.05) is 24.3 Å². The highest BCUT2D eigenvalue weighted by atomic mass is 79.9. The first-order chi connectivity index (χ1) is 23.1. The van der Waals surface area contributed by atoms with Gasteiger partial charge in [-0.15, -0.1) is 0 Å². The van der Waals surface area contributed by atoms with E-state index in [9.17, 15) is 19.2 Å². The van der Waals surface area contributed by atoms with Crippen LogP contribution >= 0.6 is 15.9 Å². The number of piperidine rings is 2. The van der Waals surface area contributed by atoms with Crippen LogP contribution < -0.4 is 21.1 Å². The molecule has 13 heteroatoms. The van der Waals surface area contributed by atoms with Crippen LogP contribution in [0.5, 0.6) is 0 Å². The maximum absolute atomic E-state index is 13.1. The number of likely N-dealkylation sites (tertiary alicyclic amines) is 1. The lowest BCUT2D eigenvalue weighted by atomic mass is 9.87. The van der Waals surface area contributed by atoms with Crippen molar-refractivity contribution in [2.75, 3.05) is 56.5 Å². The lowest BCUT2D eigenvalue weighted by Gasteiger charge is -2.37. The number of nitrogens with one attached hydrogen (secondary N) is 2. The summed E-state index contributed by atoms with van der Waals surface area (Å²) in [6.07, 6.45) is 3.30. The van der Waals surface area contributed by atoms with Gasteiger partial charge >= 0.3 is 0 Å². The molecule has 3 saturated heterocycles. The molecule has 0 aliphatic carbocycles. The molecule has 3 atom stereocenters. The molecule has 1 aromatic heterocycles. The van der Waals surface area contributed by atoms with Gasteiger partial charge in [-0.25, -0.2) is 4.68 Å². The predicted molar refractivity (Wildman–Crippen MR) is 186 cm³/mol. The predicted octanol–water partition coefficient (Wildman–Crippen LogP) is 2.53. The van der Waals surface area contributed by atoms with Gasteiger partial charge in [0.15, 0.2) is 0 Å². The Morgan fingerprint density at radius 3 is 2.50 bits per heavy atom. The van der Waals surface area contributed by atoms with Gasteiger partial charge in [0.25, 0.3) is 11.5 Å². The number of aryl methyl sites for hydroxylation is 1. The van der Waals surface area contributed by atoms with Gasteiger partial charge in [0.05, 0.1) is 11.9 Å². The second-order valence-electron chi connectivity index (χ2n) is 13.5. The quantitative estimate of drug-likeness (QED) is 0.355. The van der Waals surface area contributed by atoms with Gasteiger partial charge in [0.2, 0.25) is 11.8 Å². The van der Waals surface area contributed by atoms with Crippen molar-refractivity contribution in [2.45, 2.75) is 50.4 Å².